The van der Waals surface area contributed by atoms with Crippen LogP contribution in [0.3, 0.4) is 0 Å². The van der Waals surface area contributed by atoms with Crippen LogP contribution < -0.4 is 11.1 Å². The van der Waals surface area contributed by atoms with Crippen LogP contribution in [-0.4, -0.2) is 31.9 Å². The van der Waals surface area contributed by atoms with E-state index in [1.165, 1.54) is 17.7 Å². The van der Waals surface area contributed by atoms with Crippen LogP contribution in [0.25, 0.3) is 22.4 Å². The fraction of sp³-hybridized carbons (Fsp3) is 0.375. The molecule has 4 N–H and O–H groups in total. The molecule has 3 aromatic rings. The quantitative estimate of drug-likeness (QED) is 0.669. The smallest absolute Gasteiger partial charge is 0.229 e. The van der Waals surface area contributed by atoms with E-state index >= 15 is 0 Å². The van der Waals surface area contributed by atoms with Gasteiger partial charge in [-0.2, -0.15) is 0 Å². The van der Waals surface area contributed by atoms with Crippen molar-refractivity contribution in [2.24, 2.45) is 11.7 Å². The van der Waals surface area contributed by atoms with Gasteiger partial charge in [-0.3, -0.25) is 4.79 Å². The highest BCUT2D eigenvalue weighted by molar-refractivity contribution is 7.14. The van der Waals surface area contributed by atoms with Crippen molar-refractivity contribution in [2.75, 3.05) is 5.32 Å². The number of rotatable bonds is 3. The molecular formula is C16H26N6OS. The summed E-state index contributed by atoms with van der Waals surface area (Å²) in [4.78, 5) is 28.5. The average molecular weight is 350 g/mol. The molecule has 1 aliphatic carbocycles. The molecule has 0 radical (unpaired) electrons. The van der Waals surface area contributed by atoms with E-state index in [1.807, 2.05) is 17.6 Å². The van der Waals surface area contributed by atoms with Gasteiger partial charge in [-0.15, -0.1) is 11.3 Å². The van der Waals surface area contributed by atoms with Crippen LogP contribution >= 0.6 is 11.3 Å². The van der Waals surface area contributed by atoms with Crippen molar-refractivity contribution in [3.63, 3.8) is 0 Å². The number of hydrogen-bond acceptors (Lipinski definition) is 6. The first-order chi connectivity index (χ1) is 11.7. The van der Waals surface area contributed by atoms with Crippen LogP contribution in [0, 0.1) is 5.92 Å². The fourth-order valence-electron chi connectivity index (χ4n) is 3.11. The summed E-state index contributed by atoms with van der Waals surface area (Å²) in [6.45, 7) is 0. The number of nitrogens with one attached hydrogen (secondary N) is 2. The summed E-state index contributed by atoms with van der Waals surface area (Å²) in [5.74, 6) is 0.0739. The third-order valence-corrected chi connectivity index (χ3v) is 5.23. The van der Waals surface area contributed by atoms with Crippen molar-refractivity contribution in [1.82, 2.24) is 19.9 Å². The lowest BCUT2D eigenvalue weighted by Gasteiger charge is -2.24. The summed E-state index contributed by atoms with van der Waals surface area (Å²) < 4.78 is 0. The Morgan fingerprint density at radius 1 is 1.33 bits per heavy atom. The normalized spacial score (nSPS) is 21.0. The van der Waals surface area contributed by atoms with E-state index in [2.05, 4.69) is 25.3 Å². The van der Waals surface area contributed by atoms with Crippen molar-refractivity contribution in [3.05, 3.63) is 24.0 Å². The molecule has 0 saturated heterocycles. The Morgan fingerprint density at radius 3 is 3.00 bits per heavy atom. The highest BCUT2D eigenvalue weighted by Gasteiger charge is 2.25. The number of nitrogens with two attached hydrogens (primary N) is 1. The first-order valence-corrected chi connectivity index (χ1v) is 8.89. The maximum Gasteiger partial charge on any atom is 0.229 e. The molecule has 1 amide bonds. The van der Waals surface area contributed by atoms with Gasteiger partial charge in [0.15, 0.2) is 5.13 Å². The second-order valence-electron chi connectivity index (χ2n) is 6.10. The molecule has 1 fully saturated rings. The summed E-state index contributed by atoms with van der Waals surface area (Å²) in [5.41, 5.74) is 8.18. The largest absolute Gasteiger partial charge is 0.346 e. The van der Waals surface area contributed by atoms with E-state index in [4.69, 9.17) is 5.73 Å². The lowest BCUT2D eigenvalue weighted by Crippen LogP contribution is -2.32. The first kappa shape index (κ1) is 15.2. The zero-order valence-electron chi connectivity index (χ0n) is 13.0. The highest BCUT2D eigenvalue weighted by Crippen LogP contribution is 2.29. The average Bonchev–Trinajstić information content (AvgIpc) is 3.24. The maximum atomic E-state index is 12.4. The molecule has 1 saturated carbocycles. The fourth-order valence-corrected chi connectivity index (χ4v) is 3.80. The van der Waals surface area contributed by atoms with Gasteiger partial charge in [-0.1, -0.05) is 0 Å². The minimum atomic E-state index is 0. The predicted molar refractivity (Wildman–Crippen MR) is 102 cm³/mol. The van der Waals surface area contributed by atoms with Gasteiger partial charge < -0.3 is 16.0 Å². The molecule has 0 aromatic carbocycles. The minimum Gasteiger partial charge on any atom is -0.346 e. The van der Waals surface area contributed by atoms with Gasteiger partial charge in [-0.25, -0.2) is 15.0 Å². The number of anilines is 1. The second-order valence-corrected chi connectivity index (χ2v) is 6.96. The van der Waals surface area contributed by atoms with Gasteiger partial charge in [0.2, 0.25) is 5.91 Å². The Balaban J connectivity index is 0.00000182. The lowest BCUT2D eigenvalue weighted by atomic mass is 9.86. The van der Waals surface area contributed by atoms with E-state index in [9.17, 15) is 4.79 Å². The van der Waals surface area contributed by atoms with Crippen LogP contribution in [0.15, 0.2) is 24.0 Å². The molecule has 3 heterocycles. The molecule has 0 atom stereocenters. The maximum absolute atomic E-state index is 12.4. The Morgan fingerprint density at radius 2 is 2.17 bits per heavy atom. The standard InChI is InChI=1S/C16H18N6OS.4H2/c17-10-3-1-9(2-4-10)15(23)22-16-21-12(7-24-16)13-11-5-6-18-14(11)20-8-19-13;;;;/h5-10H,1-4,17H2,(H,18,19,20)(H,21,22,23);4*1H. The summed E-state index contributed by atoms with van der Waals surface area (Å²) in [7, 11) is 0. The molecule has 3 aromatic heterocycles. The number of aromatic nitrogens is 4. The topological polar surface area (TPSA) is 110 Å². The lowest BCUT2D eigenvalue weighted by molar-refractivity contribution is -0.120. The number of thiazole rings is 1. The van der Waals surface area contributed by atoms with Crippen molar-refractivity contribution in [2.45, 2.75) is 31.7 Å². The molecule has 132 valence electrons. The minimum absolute atomic E-state index is 0. The van der Waals surface area contributed by atoms with Crippen LogP contribution in [0.1, 0.15) is 31.4 Å². The van der Waals surface area contributed by atoms with E-state index < -0.39 is 0 Å². The second kappa shape index (κ2) is 6.29. The zero-order valence-corrected chi connectivity index (χ0v) is 13.8. The Bertz CT molecular complexity index is 881. The summed E-state index contributed by atoms with van der Waals surface area (Å²) in [6.07, 6.45) is 6.85. The van der Waals surface area contributed by atoms with Gasteiger partial charge in [-0.05, 0) is 31.7 Å². The Kier molecular flexibility index (Phi) is 3.99. The van der Waals surface area contributed by atoms with Gasteiger partial charge in [0.25, 0.3) is 0 Å². The third-order valence-electron chi connectivity index (χ3n) is 4.47. The number of amides is 1. The molecule has 0 unspecified atom stereocenters. The highest BCUT2D eigenvalue weighted by atomic mass is 32.1. The Hall–Kier alpha value is -2.32. The van der Waals surface area contributed by atoms with Crippen molar-refractivity contribution in [1.29, 1.82) is 0 Å². The monoisotopic (exact) mass is 350 g/mol. The number of carbonyl (C=O) groups excluding carboxylic acids is 1. The van der Waals surface area contributed by atoms with Crippen LogP contribution in [0.4, 0.5) is 5.13 Å². The SMILES string of the molecule is NC1CCC(C(=O)Nc2nc(-c3ncnc4[nH]ccc34)cs2)CC1.[HH].[HH].[HH].[HH]. The molecule has 4 rings (SSSR count). The number of carbonyl (C=O) groups is 1. The van der Waals surface area contributed by atoms with Gasteiger partial charge in [0.1, 0.15) is 23.4 Å². The summed E-state index contributed by atoms with van der Waals surface area (Å²) in [6, 6.07) is 2.16. The zero-order chi connectivity index (χ0) is 16.5. The van der Waals surface area contributed by atoms with Crippen molar-refractivity contribution < 1.29 is 10.5 Å². The van der Waals surface area contributed by atoms with Gasteiger partial charge in [0.05, 0.1) is 0 Å². The van der Waals surface area contributed by atoms with Crippen molar-refractivity contribution >= 4 is 33.4 Å². The molecule has 8 heteroatoms. The summed E-state index contributed by atoms with van der Waals surface area (Å²) in [5, 5.41) is 6.36. The predicted octanol–water partition coefficient (Wildman–Crippen LogP) is 3.52. The molecular weight excluding hydrogens is 324 g/mol. The van der Waals surface area contributed by atoms with E-state index in [0.717, 1.165) is 48.1 Å². The first-order valence-electron chi connectivity index (χ1n) is 8.01. The van der Waals surface area contributed by atoms with Crippen LogP contribution in [0.2, 0.25) is 0 Å². The van der Waals surface area contributed by atoms with Gasteiger partial charge >= 0.3 is 0 Å². The number of nitrogens with zero attached hydrogens (tertiary/aromatic N) is 3. The molecule has 7 nitrogen and oxygen atoms in total. The van der Waals surface area contributed by atoms with Gasteiger partial charge in [0, 0.05) is 34.6 Å². The number of fused-ring (bicyclic) bond motifs is 1. The number of hydrogen-bond donors (Lipinski definition) is 3. The molecule has 1 aliphatic rings. The van der Waals surface area contributed by atoms with E-state index in [-0.39, 0.29) is 23.6 Å². The molecule has 24 heavy (non-hydrogen) atoms. The number of aromatic amines is 1. The van der Waals surface area contributed by atoms with Crippen molar-refractivity contribution in [3.8, 4) is 11.4 Å². The molecule has 0 aliphatic heterocycles. The van der Waals surface area contributed by atoms with E-state index in [0.29, 0.717) is 5.13 Å². The Labute approximate surface area is 148 Å². The molecule has 0 spiro atoms. The van der Waals surface area contributed by atoms with Crippen LogP contribution in [0.5, 0.6) is 0 Å². The van der Waals surface area contributed by atoms with E-state index in [1.54, 1.807) is 0 Å². The van der Waals surface area contributed by atoms with Crippen LogP contribution in [-0.2, 0) is 4.79 Å². The number of H-pyrrole nitrogens is 1. The summed E-state index contributed by atoms with van der Waals surface area (Å²) >= 11 is 1.41. The third kappa shape index (κ3) is 2.90. The molecule has 0 bridgehead atoms.